The van der Waals surface area contributed by atoms with Crippen molar-refractivity contribution in [2.45, 2.75) is 36.3 Å². The summed E-state index contributed by atoms with van der Waals surface area (Å²) < 4.78 is 0. The number of carbonyl (C=O) groups excluding carboxylic acids is 4. The Balaban J connectivity index is 1.34. The number of halogens is 2. The monoisotopic (exact) mass is 657 g/mol. The third-order valence-electron chi connectivity index (χ3n) is 7.07. The maximum absolute atomic E-state index is 13.5. The van der Waals surface area contributed by atoms with Gasteiger partial charge in [0, 0.05) is 27.6 Å². The fourth-order valence-corrected chi connectivity index (χ4v) is 6.18. The number of nitrogens with zero attached hydrogens (tertiary/aromatic N) is 1. The van der Waals surface area contributed by atoms with Gasteiger partial charge in [0.2, 0.25) is 11.8 Å². The predicted octanol–water partition coefficient (Wildman–Crippen LogP) is 7.95. The van der Waals surface area contributed by atoms with E-state index in [4.69, 9.17) is 23.2 Å². The van der Waals surface area contributed by atoms with E-state index in [-0.39, 0.29) is 28.7 Å². The molecule has 1 aliphatic heterocycles. The quantitative estimate of drug-likeness (QED) is 0.141. The molecule has 0 radical (unpaired) electrons. The number of anilines is 2. The van der Waals surface area contributed by atoms with Gasteiger partial charge in [-0.15, -0.1) is 11.8 Å². The number of benzene rings is 4. The van der Waals surface area contributed by atoms with Crippen molar-refractivity contribution >= 4 is 76.0 Å². The predicted molar refractivity (Wildman–Crippen MR) is 181 cm³/mol. The highest BCUT2D eigenvalue weighted by molar-refractivity contribution is 8.00. The molecular weight excluding hydrogens is 629 g/mol. The van der Waals surface area contributed by atoms with Crippen LogP contribution in [0.2, 0.25) is 10.0 Å². The number of hydrogen-bond acceptors (Lipinski definition) is 5. The first-order valence-corrected chi connectivity index (χ1v) is 15.8. The molecule has 4 aromatic rings. The molecule has 1 atom stereocenters. The zero-order valence-electron chi connectivity index (χ0n) is 24.4. The summed E-state index contributed by atoms with van der Waals surface area (Å²) in [5, 5.41) is 5.52. The largest absolute Gasteiger partial charge is 0.321 e. The second-order valence-corrected chi connectivity index (χ2v) is 12.8. The minimum atomic E-state index is -0.687. The molecule has 0 bridgehead atoms. The lowest BCUT2D eigenvalue weighted by atomic mass is 10.0. The van der Waals surface area contributed by atoms with Gasteiger partial charge in [0.15, 0.2) is 0 Å². The highest BCUT2D eigenvalue weighted by Crippen LogP contribution is 2.38. The van der Waals surface area contributed by atoms with Crippen LogP contribution in [-0.4, -0.2) is 28.9 Å². The zero-order chi connectivity index (χ0) is 32.1. The maximum Gasteiger partial charge on any atom is 0.272 e. The lowest BCUT2D eigenvalue weighted by Gasteiger charge is -2.17. The summed E-state index contributed by atoms with van der Waals surface area (Å²) in [5.41, 5.74) is 3.07. The van der Waals surface area contributed by atoms with Gasteiger partial charge >= 0.3 is 0 Å². The summed E-state index contributed by atoms with van der Waals surface area (Å²) in [6, 6.07) is 28.0. The average molecular weight is 659 g/mol. The van der Waals surface area contributed by atoms with Crippen LogP contribution in [0.3, 0.4) is 0 Å². The molecule has 45 heavy (non-hydrogen) atoms. The highest BCUT2D eigenvalue weighted by Gasteiger charge is 2.41. The van der Waals surface area contributed by atoms with E-state index < -0.39 is 23.0 Å². The number of rotatable bonds is 9. The van der Waals surface area contributed by atoms with Crippen molar-refractivity contribution in [1.82, 2.24) is 5.32 Å². The molecule has 1 aliphatic rings. The van der Waals surface area contributed by atoms with E-state index in [0.29, 0.717) is 27.1 Å². The number of amides is 4. The van der Waals surface area contributed by atoms with Crippen LogP contribution in [0.5, 0.6) is 0 Å². The van der Waals surface area contributed by atoms with E-state index in [9.17, 15) is 19.2 Å². The first kappa shape index (κ1) is 32.0. The number of thioether (sulfide) groups is 1. The van der Waals surface area contributed by atoms with Crippen LogP contribution in [0.15, 0.2) is 108 Å². The molecule has 0 saturated carbocycles. The molecule has 228 valence electrons. The molecule has 5 rings (SSSR count). The van der Waals surface area contributed by atoms with Crippen molar-refractivity contribution in [2.75, 3.05) is 10.2 Å². The molecule has 1 fully saturated rings. The molecule has 1 heterocycles. The fraction of sp³-hybridized carbons (Fsp3) is 0.143. The number of nitrogens with one attached hydrogen (secondary N) is 2. The topological polar surface area (TPSA) is 95.6 Å². The zero-order valence-corrected chi connectivity index (χ0v) is 26.7. The lowest BCUT2D eigenvalue weighted by Crippen LogP contribution is -2.31. The van der Waals surface area contributed by atoms with Crippen molar-refractivity contribution < 1.29 is 19.2 Å². The molecule has 4 aromatic carbocycles. The molecular formula is C35H29Cl2N3O4S. The molecule has 1 saturated heterocycles. The van der Waals surface area contributed by atoms with Crippen LogP contribution in [0.25, 0.3) is 6.08 Å². The number of imide groups is 1. The van der Waals surface area contributed by atoms with Crippen LogP contribution >= 0.6 is 35.0 Å². The first-order valence-electron chi connectivity index (χ1n) is 14.2. The van der Waals surface area contributed by atoms with Crippen molar-refractivity contribution in [3.8, 4) is 0 Å². The Morgan fingerprint density at radius 1 is 0.911 bits per heavy atom. The molecule has 0 unspecified atom stereocenters. The molecule has 0 aromatic heterocycles. The summed E-state index contributed by atoms with van der Waals surface area (Å²) in [6.07, 6.45) is 1.61. The number of hydrogen-bond donors (Lipinski definition) is 2. The van der Waals surface area contributed by atoms with Gasteiger partial charge in [0.25, 0.3) is 11.8 Å². The standard InChI is InChI=1S/C35H29Cl2N3O4S/c1-21(2)23-13-11-22(12-14-23)17-29(39-33(42)24-7-4-3-5-8-24)34(43)38-26-9-6-10-27(19-26)45-31-20-32(41)40(35(31)44)30-18-25(36)15-16-28(30)37/h3-19,21,31H,20H2,1-2H3,(H,38,43)(H,39,42)/b29-17+/t31-/m1/s1. The summed E-state index contributed by atoms with van der Waals surface area (Å²) in [4.78, 5) is 54.4. The van der Waals surface area contributed by atoms with E-state index in [1.807, 2.05) is 24.3 Å². The normalized spacial score (nSPS) is 15.0. The molecule has 0 spiro atoms. The average Bonchev–Trinajstić information content (AvgIpc) is 3.30. The van der Waals surface area contributed by atoms with Gasteiger partial charge in [-0.05, 0) is 71.7 Å². The number of carbonyl (C=O) groups is 4. The van der Waals surface area contributed by atoms with Crippen molar-refractivity contribution in [2.24, 2.45) is 0 Å². The minimum absolute atomic E-state index is 0.0169. The van der Waals surface area contributed by atoms with Crippen molar-refractivity contribution in [1.29, 1.82) is 0 Å². The Morgan fingerprint density at radius 3 is 2.36 bits per heavy atom. The molecule has 10 heteroatoms. The summed E-state index contributed by atoms with van der Waals surface area (Å²) in [7, 11) is 0. The fourth-order valence-electron chi connectivity index (χ4n) is 4.70. The molecule has 7 nitrogen and oxygen atoms in total. The van der Waals surface area contributed by atoms with E-state index in [1.165, 1.54) is 23.9 Å². The summed E-state index contributed by atoms with van der Waals surface area (Å²) in [6.45, 7) is 4.20. The summed E-state index contributed by atoms with van der Waals surface area (Å²) in [5.74, 6) is -1.38. The summed E-state index contributed by atoms with van der Waals surface area (Å²) >= 11 is 13.6. The first-order chi connectivity index (χ1) is 21.6. The van der Waals surface area contributed by atoms with Crippen LogP contribution in [-0.2, 0) is 14.4 Å². The van der Waals surface area contributed by atoms with Crippen LogP contribution in [0, 0.1) is 0 Å². The van der Waals surface area contributed by atoms with Gasteiger partial charge in [0.05, 0.1) is 16.0 Å². The molecule has 4 amide bonds. The van der Waals surface area contributed by atoms with Crippen LogP contribution in [0.1, 0.15) is 47.7 Å². The SMILES string of the molecule is CC(C)c1ccc(/C=C(/NC(=O)c2ccccc2)C(=O)Nc2cccc(S[C@@H]3CC(=O)N(c4cc(Cl)ccc4Cl)C3=O)c2)cc1. The maximum atomic E-state index is 13.5. The van der Waals surface area contributed by atoms with Gasteiger partial charge in [-0.25, -0.2) is 4.90 Å². The Labute approximate surface area is 275 Å². The van der Waals surface area contributed by atoms with Gasteiger partial charge in [-0.3, -0.25) is 19.2 Å². The van der Waals surface area contributed by atoms with Crippen molar-refractivity contribution in [3.63, 3.8) is 0 Å². The van der Waals surface area contributed by atoms with Crippen LogP contribution < -0.4 is 15.5 Å². The third kappa shape index (κ3) is 7.84. The lowest BCUT2D eigenvalue weighted by molar-refractivity contribution is -0.121. The Kier molecular flexibility index (Phi) is 10.1. The smallest absolute Gasteiger partial charge is 0.272 e. The van der Waals surface area contributed by atoms with Gasteiger partial charge < -0.3 is 10.6 Å². The van der Waals surface area contributed by atoms with Gasteiger partial charge in [0.1, 0.15) is 5.70 Å². The molecule has 2 N–H and O–H groups in total. The third-order valence-corrected chi connectivity index (χ3v) is 8.80. The second-order valence-electron chi connectivity index (χ2n) is 10.7. The second kappa shape index (κ2) is 14.2. The molecule has 0 aliphatic carbocycles. The van der Waals surface area contributed by atoms with Crippen LogP contribution in [0.4, 0.5) is 11.4 Å². The van der Waals surface area contributed by atoms with Crippen molar-refractivity contribution in [3.05, 3.63) is 129 Å². The Morgan fingerprint density at radius 2 is 1.64 bits per heavy atom. The van der Waals surface area contributed by atoms with E-state index in [2.05, 4.69) is 24.5 Å². The van der Waals surface area contributed by atoms with E-state index in [0.717, 1.165) is 16.0 Å². The van der Waals surface area contributed by atoms with E-state index in [1.54, 1.807) is 66.7 Å². The van der Waals surface area contributed by atoms with Gasteiger partial charge in [-0.2, -0.15) is 0 Å². The van der Waals surface area contributed by atoms with E-state index >= 15 is 0 Å². The minimum Gasteiger partial charge on any atom is -0.321 e. The Hall–Kier alpha value is -4.37. The van der Waals surface area contributed by atoms with Gasteiger partial charge in [-0.1, -0.05) is 85.6 Å². The Bertz CT molecular complexity index is 1790. The highest BCUT2D eigenvalue weighted by atomic mass is 35.5.